The summed E-state index contributed by atoms with van der Waals surface area (Å²) in [6.07, 6.45) is 13.9. The Morgan fingerprint density at radius 2 is 1.15 bits per heavy atom. The smallest absolute Gasteiger partial charge is 0.140 e. The second-order valence-corrected chi connectivity index (χ2v) is 18.9. The maximum Gasteiger partial charge on any atom is 0.140 e. The molecule has 71 heavy (non-hydrogen) atoms. The summed E-state index contributed by atoms with van der Waals surface area (Å²) >= 11 is 0. The number of benzene rings is 5. The van der Waals surface area contributed by atoms with Gasteiger partial charge in [-0.2, -0.15) is 0 Å². The molecule has 3 aliphatic rings. The third-order valence-corrected chi connectivity index (χ3v) is 14.0. The van der Waals surface area contributed by atoms with Crippen molar-refractivity contribution in [1.82, 2.24) is 39.9 Å². The number of ketones is 2. The summed E-state index contributed by atoms with van der Waals surface area (Å²) in [4.78, 5) is 55.8. The number of ether oxygens (including phenoxy) is 2. The fourth-order valence-electron chi connectivity index (χ4n) is 10.1. The van der Waals surface area contributed by atoms with Gasteiger partial charge in [0.15, 0.2) is 0 Å². The van der Waals surface area contributed by atoms with Gasteiger partial charge in [0.2, 0.25) is 0 Å². The fourth-order valence-corrected chi connectivity index (χ4v) is 10.1. The Morgan fingerprint density at radius 3 is 1.76 bits per heavy atom. The number of aromatic amines is 4. The predicted octanol–water partition coefficient (Wildman–Crippen LogP) is 13.2. The third kappa shape index (κ3) is 9.31. The number of unbranched alkanes of at least 4 members (excludes halogenated alkanes) is 2. The monoisotopic (exact) mass is 946 g/mol. The number of hydrogen-bond donors (Lipinski definition) is 4. The van der Waals surface area contributed by atoms with E-state index in [4.69, 9.17) is 19.4 Å². The summed E-state index contributed by atoms with van der Waals surface area (Å²) in [5, 5.41) is 2.27. The maximum absolute atomic E-state index is 11.8. The first-order valence-electron chi connectivity index (χ1n) is 25.1. The molecule has 12 nitrogen and oxygen atoms in total. The molecule has 6 heterocycles. The molecule has 0 amide bonds. The number of imidazole rings is 4. The number of H-pyrrole nitrogens is 4. The van der Waals surface area contributed by atoms with Gasteiger partial charge in [-0.15, -0.1) is 0 Å². The van der Waals surface area contributed by atoms with Crippen LogP contribution in [0.15, 0.2) is 85.2 Å². The van der Waals surface area contributed by atoms with Crippen molar-refractivity contribution in [2.75, 3.05) is 0 Å². The van der Waals surface area contributed by atoms with E-state index >= 15 is 0 Å². The Morgan fingerprint density at radius 1 is 0.563 bits per heavy atom. The minimum atomic E-state index is 0. The molecule has 4 N–H and O–H groups in total. The Hall–Kier alpha value is -7.60. The van der Waals surface area contributed by atoms with Crippen molar-refractivity contribution in [2.24, 2.45) is 0 Å². The lowest BCUT2D eigenvalue weighted by Crippen LogP contribution is -2.09. The van der Waals surface area contributed by atoms with Crippen LogP contribution in [0, 0.1) is 0 Å². The van der Waals surface area contributed by atoms with Crippen LogP contribution in [0.1, 0.15) is 119 Å². The summed E-state index contributed by atoms with van der Waals surface area (Å²) in [6.45, 7) is 9.20. The highest BCUT2D eigenvalue weighted by molar-refractivity contribution is 6.07. The number of aromatic nitrogens is 8. The van der Waals surface area contributed by atoms with Crippen LogP contribution in [0.2, 0.25) is 0 Å². The predicted molar refractivity (Wildman–Crippen MR) is 282 cm³/mol. The van der Waals surface area contributed by atoms with E-state index in [1.807, 2.05) is 20.0 Å². The number of nitrogens with one attached hydrogen (secondary N) is 4. The summed E-state index contributed by atoms with van der Waals surface area (Å²) in [5.74, 6) is 5.76. The molecule has 1 aliphatic carbocycles. The fraction of sp³-hybridized carbons (Fsp3) is 0.322. The van der Waals surface area contributed by atoms with Gasteiger partial charge in [-0.1, -0.05) is 78.3 Å². The van der Waals surface area contributed by atoms with Gasteiger partial charge < -0.3 is 29.4 Å². The van der Waals surface area contributed by atoms with E-state index < -0.39 is 0 Å². The van der Waals surface area contributed by atoms with Gasteiger partial charge in [-0.3, -0.25) is 9.59 Å². The molecule has 12 heteroatoms. The molecule has 4 aromatic heterocycles. The normalized spacial score (nSPS) is 12.8. The van der Waals surface area contributed by atoms with E-state index in [9.17, 15) is 9.59 Å². The van der Waals surface area contributed by atoms with Gasteiger partial charge in [0.05, 0.1) is 53.4 Å². The molecule has 0 saturated carbocycles. The van der Waals surface area contributed by atoms with Gasteiger partial charge in [0.25, 0.3) is 0 Å². The van der Waals surface area contributed by atoms with Crippen molar-refractivity contribution in [1.29, 1.82) is 0 Å². The van der Waals surface area contributed by atoms with E-state index in [1.165, 1.54) is 34.4 Å². The largest absolute Gasteiger partial charge is 0.488 e. The van der Waals surface area contributed by atoms with E-state index in [1.54, 1.807) is 6.20 Å². The minimum Gasteiger partial charge on any atom is -0.488 e. The van der Waals surface area contributed by atoms with E-state index in [0.717, 1.165) is 140 Å². The van der Waals surface area contributed by atoms with E-state index in [0.29, 0.717) is 50.5 Å². The second kappa shape index (κ2) is 20.0. The molecule has 2 aliphatic heterocycles. The molecule has 12 rings (SSSR count). The topological polar surface area (TPSA) is 167 Å². The molecular weight excluding hydrogens is 885 g/mol. The van der Waals surface area contributed by atoms with Crippen LogP contribution < -0.4 is 9.47 Å². The molecule has 5 aromatic carbocycles. The van der Waals surface area contributed by atoms with Gasteiger partial charge in [-0.05, 0) is 112 Å². The Kier molecular flexibility index (Phi) is 13.3. The molecular formula is C59H62N8O4. The number of hydrogen-bond acceptors (Lipinski definition) is 8. The van der Waals surface area contributed by atoms with Gasteiger partial charge in [0, 0.05) is 53.5 Å². The number of Topliss-reactive ketones (excluding diaryl/α,β-unsaturated/α-hetero) is 2. The summed E-state index contributed by atoms with van der Waals surface area (Å²) in [7, 11) is 0. The Bertz CT molecular complexity index is 3460. The van der Waals surface area contributed by atoms with Crippen molar-refractivity contribution in [2.45, 2.75) is 125 Å². The lowest BCUT2D eigenvalue weighted by molar-refractivity contribution is -0.119. The first-order valence-corrected chi connectivity index (χ1v) is 25.1. The number of nitrogens with zero attached hydrogens (tertiary/aromatic N) is 4. The average molecular weight is 947 g/mol. The van der Waals surface area contributed by atoms with Gasteiger partial charge in [0.1, 0.15) is 59.6 Å². The Balaban J connectivity index is 0.000000162. The number of rotatable bonds is 14. The molecule has 362 valence electrons. The van der Waals surface area contributed by atoms with Crippen LogP contribution in [0.25, 0.3) is 77.8 Å². The van der Waals surface area contributed by atoms with Gasteiger partial charge in [-0.25, -0.2) is 19.9 Å². The van der Waals surface area contributed by atoms with E-state index in [-0.39, 0.29) is 19.0 Å². The highest BCUT2D eigenvalue weighted by Crippen LogP contribution is 2.45. The van der Waals surface area contributed by atoms with E-state index in [2.05, 4.69) is 117 Å². The molecule has 0 fully saturated rings. The van der Waals surface area contributed by atoms with Crippen molar-refractivity contribution in [3.8, 4) is 67.5 Å². The van der Waals surface area contributed by atoms with Gasteiger partial charge >= 0.3 is 0 Å². The highest BCUT2D eigenvalue weighted by Gasteiger charge is 2.27. The third-order valence-electron chi connectivity index (χ3n) is 14.0. The van der Waals surface area contributed by atoms with Crippen molar-refractivity contribution >= 4 is 33.4 Å². The maximum atomic E-state index is 11.8. The quantitative estimate of drug-likeness (QED) is 0.0835. The summed E-state index contributed by atoms with van der Waals surface area (Å²) in [6, 6.07) is 26.0. The first kappa shape index (κ1) is 47.1. The zero-order valence-corrected chi connectivity index (χ0v) is 40.4. The van der Waals surface area contributed by atoms with Crippen molar-refractivity contribution in [3.05, 3.63) is 131 Å². The zero-order chi connectivity index (χ0) is 47.9. The molecule has 0 radical (unpaired) electrons. The molecule has 0 spiro atoms. The number of fused-ring (bicyclic) bond motifs is 12. The average Bonchev–Trinajstić information content (AvgIpc) is 4.23. The minimum absolute atomic E-state index is 0. The van der Waals surface area contributed by atoms with Crippen LogP contribution in [0.5, 0.6) is 11.5 Å². The standard InChI is InChI=1S/C29H30N4O2.C29H28N4O2.CH4/c2*1-3-5-6-27-31-24-10-8-17-12-23-21-9-7-18(25-15-30-28(32-25)13-20(34)4-2)11-19(21)16-35-26(23)14-22(17)29(24)33-27;/h7,9,11-12,14-15H,3-6,8,10,13,16H2,1-2H3,(H,30,32)(H,31,33);7-12,14-15H,3-6,13,16H2,1-2H3,(H,30,32)(H,31,33);1H4. The molecule has 0 bridgehead atoms. The van der Waals surface area contributed by atoms with Crippen LogP contribution in [0.3, 0.4) is 0 Å². The lowest BCUT2D eigenvalue weighted by Gasteiger charge is -2.25. The van der Waals surface area contributed by atoms with Crippen molar-refractivity contribution in [3.63, 3.8) is 0 Å². The number of carbonyl (C=O) groups is 2. The lowest BCUT2D eigenvalue weighted by atomic mass is 9.86. The summed E-state index contributed by atoms with van der Waals surface area (Å²) in [5.41, 5.74) is 17.9. The van der Waals surface area contributed by atoms with Crippen LogP contribution in [-0.4, -0.2) is 51.4 Å². The second-order valence-electron chi connectivity index (χ2n) is 18.9. The zero-order valence-electron chi connectivity index (χ0n) is 40.4. The van der Waals surface area contributed by atoms with Crippen LogP contribution in [0.4, 0.5) is 0 Å². The number of aryl methyl sites for hydroxylation is 4. The SMILES string of the molecule is C.CCCCc1nc2c([nH]1)CCc1cc3c(cc1-2)OCc1cc(-c2cnc(CC(=O)CC)[nH]2)ccc1-3.CCCCc1nc2c(ccc3cc4c(cc32)OCc2cc(-c3cnc(CC(=O)CC)[nH]3)ccc2-4)[nH]1. The molecule has 0 unspecified atom stereocenters. The Labute approximate surface area is 414 Å². The molecule has 0 atom stereocenters. The molecule has 9 aromatic rings. The summed E-state index contributed by atoms with van der Waals surface area (Å²) < 4.78 is 12.5. The first-order chi connectivity index (χ1) is 34.2. The highest BCUT2D eigenvalue weighted by atomic mass is 16.5. The van der Waals surface area contributed by atoms with Crippen molar-refractivity contribution < 1.29 is 19.1 Å². The van der Waals surface area contributed by atoms with Crippen LogP contribution in [-0.2, 0) is 61.3 Å². The number of carbonyl (C=O) groups excluding carboxylic acids is 2. The van der Waals surface area contributed by atoms with Crippen LogP contribution >= 0.6 is 0 Å². The molecule has 0 saturated heterocycles.